The average molecular weight is 177 g/mol. The van der Waals surface area contributed by atoms with Gasteiger partial charge in [-0.3, -0.25) is 0 Å². The summed E-state index contributed by atoms with van der Waals surface area (Å²) in [5, 5.41) is 3.33. The lowest BCUT2D eigenvalue weighted by atomic mass is 9.89. The molecule has 0 saturated carbocycles. The second kappa shape index (κ2) is 3.51. The maximum atomic E-state index is 3.33. The van der Waals surface area contributed by atoms with Crippen molar-refractivity contribution in [3.05, 3.63) is 34.9 Å². The normalized spacial score (nSPS) is 11.8. The molecule has 0 unspecified atom stereocenters. The van der Waals surface area contributed by atoms with Crippen LogP contribution < -0.4 is 5.32 Å². The molecular weight excluding hydrogens is 158 g/mol. The first-order valence-corrected chi connectivity index (χ1v) is 4.74. The van der Waals surface area contributed by atoms with Gasteiger partial charge in [-0.05, 0) is 51.4 Å². The molecule has 1 aromatic carbocycles. The van der Waals surface area contributed by atoms with Crippen molar-refractivity contribution in [1.29, 1.82) is 0 Å². The van der Waals surface area contributed by atoms with Gasteiger partial charge in [0.2, 0.25) is 0 Å². The lowest BCUT2D eigenvalue weighted by molar-refractivity contribution is 0.442. The maximum Gasteiger partial charge on any atom is 0.0377 e. The third kappa shape index (κ3) is 1.92. The van der Waals surface area contributed by atoms with E-state index < -0.39 is 0 Å². The van der Waals surface area contributed by atoms with Crippen molar-refractivity contribution >= 4 is 0 Å². The van der Waals surface area contributed by atoms with Crippen LogP contribution in [0.15, 0.2) is 18.2 Å². The van der Waals surface area contributed by atoms with E-state index in [0.29, 0.717) is 0 Å². The van der Waals surface area contributed by atoms with Crippen LogP contribution in [-0.2, 0) is 5.54 Å². The van der Waals surface area contributed by atoms with Crippen LogP contribution in [0.5, 0.6) is 0 Å². The van der Waals surface area contributed by atoms with E-state index in [-0.39, 0.29) is 5.54 Å². The fourth-order valence-electron chi connectivity index (χ4n) is 1.56. The van der Waals surface area contributed by atoms with Crippen LogP contribution in [-0.4, -0.2) is 7.05 Å². The third-order valence-electron chi connectivity index (χ3n) is 2.90. The summed E-state index contributed by atoms with van der Waals surface area (Å²) in [6.45, 7) is 8.75. The molecule has 0 heterocycles. The van der Waals surface area contributed by atoms with E-state index >= 15 is 0 Å². The summed E-state index contributed by atoms with van der Waals surface area (Å²) in [6.07, 6.45) is 0. The predicted octanol–water partition coefficient (Wildman–Crippen LogP) is 2.76. The van der Waals surface area contributed by atoms with Gasteiger partial charge in [0.1, 0.15) is 0 Å². The van der Waals surface area contributed by atoms with Gasteiger partial charge < -0.3 is 5.32 Å². The van der Waals surface area contributed by atoms with E-state index in [1.165, 1.54) is 16.7 Å². The van der Waals surface area contributed by atoms with Crippen molar-refractivity contribution in [2.24, 2.45) is 0 Å². The summed E-state index contributed by atoms with van der Waals surface area (Å²) in [7, 11) is 2.00. The summed E-state index contributed by atoms with van der Waals surface area (Å²) < 4.78 is 0. The summed E-state index contributed by atoms with van der Waals surface area (Å²) in [4.78, 5) is 0. The molecule has 1 heteroatoms. The Morgan fingerprint density at radius 2 is 1.77 bits per heavy atom. The van der Waals surface area contributed by atoms with Crippen molar-refractivity contribution in [2.75, 3.05) is 7.05 Å². The Morgan fingerprint density at radius 3 is 2.31 bits per heavy atom. The predicted molar refractivity (Wildman–Crippen MR) is 58.0 cm³/mol. The van der Waals surface area contributed by atoms with Gasteiger partial charge in [0.05, 0.1) is 0 Å². The Balaban J connectivity index is 3.22. The van der Waals surface area contributed by atoms with Crippen molar-refractivity contribution in [1.82, 2.24) is 5.32 Å². The van der Waals surface area contributed by atoms with Crippen molar-refractivity contribution in [2.45, 2.75) is 33.2 Å². The number of hydrogen-bond donors (Lipinski definition) is 1. The standard InChI is InChI=1S/C12H19N/c1-9-7-6-8-11(10(9)2)12(3,4)13-5/h6-8,13H,1-5H3. The molecule has 1 N–H and O–H groups in total. The smallest absolute Gasteiger partial charge is 0.0377 e. The Hall–Kier alpha value is -0.820. The Kier molecular flexibility index (Phi) is 2.77. The molecule has 1 rings (SSSR count). The SMILES string of the molecule is CNC(C)(C)c1cccc(C)c1C. The first-order chi connectivity index (χ1) is 5.99. The first kappa shape index (κ1) is 10.3. The van der Waals surface area contributed by atoms with Gasteiger partial charge in [0, 0.05) is 5.54 Å². The minimum Gasteiger partial charge on any atom is -0.311 e. The van der Waals surface area contributed by atoms with Crippen LogP contribution in [0.4, 0.5) is 0 Å². The maximum absolute atomic E-state index is 3.33. The fourth-order valence-corrected chi connectivity index (χ4v) is 1.56. The topological polar surface area (TPSA) is 12.0 Å². The fraction of sp³-hybridized carbons (Fsp3) is 0.500. The first-order valence-electron chi connectivity index (χ1n) is 4.74. The number of nitrogens with one attached hydrogen (secondary N) is 1. The van der Waals surface area contributed by atoms with Crippen molar-refractivity contribution in [3.8, 4) is 0 Å². The second-order valence-electron chi connectivity index (χ2n) is 4.12. The lowest BCUT2D eigenvalue weighted by Gasteiger charge is -2.27. The molecule has 0 atom stereocenters. The molecule has 0 aromatic heterocycles. The Bertz CT molecular complexity index is 300. The monoisotopic (exact) mass is 177 g/mol. The third-order valence-corrected chi connectivity index (χ3v) is 2.90. The molecule has 0 fully saturated rings. The molecule has 72 valence electrons. The van der Waals surface area contributed by atoms with Gasteiger partial charge in [-0.15, -0.1) is 0 Å². The summed E-state index contributed by atoms with van der Waals surface area (Å²) >= 11 is 0. The summed E-state index contributed by atoms with van der Waals surface area (Å²) in [6, 6.07) is 6.47. The Morgan fingerprint density at radius 1 is 1.15 bits per heavy atom. The quantitative estimate of drug-likeness (QED) is 0.732. The molecule has 0 amide bonds. The molecule has 0 saturated heterocycles. The highest BCUT2D eigenvalue weighted by Crippen LogP contribution is 2.24. The zero-order valence-electron chi connectivity index (χ0n) is 9.23. The summed E-state index contributed by atoms with van der Waals surface area (Å²) in [5.74, 6) is 0. The van der Waals surface area contributed by atoms with E-state index in [1.54, 1.807) is 0 Å². The van der Waals surface area contributed by atoms with Crippen LogP contribution in [0.25, 0.3) is 0 Å². The molecule has 13 heavy (non-hydrogen) atoms. The molecule has 1 aromatic rings. The van der Waals surface area contributed by atoms with Crippen molar-refractivity contribution in [3.63, 3.8) is 0 Å². The second-order valence-corrected chi connectivity index (χ2v) is 4.12. The minimum absolute atomic E-state index is 0.0656. The van der Waals surface area contributed by atoms with E-state index in [2.05, 4.69) is 51.2 Å². The zero-order valence-corrected chi connectivity index (χ0v) is 9.23. The minimum atomic E-state index is 0.0656. The van der Waals surface area contributed by atoms with E-state index in [4.69, 9.17) is 0 Å². The average Bonchev–Trinajstić information content (AvgIpc) is 2.09. The molecule has 0 radical (unpaired) electrons. The molecule has 0 bridgehead atoms. The van der Waals surface area contributed by atoms with Gasteiger partial charge in [0.15, 0.2) is 0 Å². The van der Waals surface area contributed by atoms with E-state index in [0.717, 1.165) is 0 Å². The highest BCUT2D eigenvalue weighted by molar-refractivity contribution is 5.37. The highest BCUT2D eigenvalue weighted by Gasteiger charge is 2.19. The van der Waals surface area contributed by atoms with E-state index in [1.807, 2.05) is 7.05 Å². The largest absolute Gasteiger partial charge is 0.311 e. The lowest BCUT2D eigenvalue weighted by Crippen LogP contribution is -2.34. The summed E-state index contributed by atoms with van der Waals surface area (Å²) in [5.41, 5.74) is 4.20. The van der Waals surface area contributed by atoms with Crippen molar-refractivity contribution < 1.29 is 0 Å². The van der Waals surface area contributed by atoms with Crippen LogP contribution in [0.2, 0.25) is 0 Å². The van der Waals surface area contributed by atoms with Gasteiger partial charge in [-0.25, -0.2) is 0 Å². The number of benzene rings is 1. The van der Waals surface area contributed by atoms with Gasteiger partial charge >= 0.3 is 0 Å². The molecule has 0 aliphatic rings. The zero-order chi connectivity index (χ0) is 10.1. The molecular formula is C12H19N. The number of rotatable bonds is 2. The van der Waals surface area contributed by atoms with Gasteiger partial charge in [0.25, 0.3) is 0 Å². The molecule has 0 spiro atoms. The number of hydrogen-bond acceptors (Lipinski definition) is 1. The Labute approximate surface area is 81.2 Å². The van der Waals surface area contributed by atoms with Gasteiger partial charge in [-0.1, -0.05) is 18.2 Å². The van der Waals surface area contributed by atoms with Crippen LogP contribution in [0.3, 0.4) is 0 Å². The van der Waals surface area contributed by atoms with Gasteiger partial charge in [-0.2, -0.15) is 0 Å². The molecule has 1 nitrogen and oxygen atoms in total. The molecule has 0 aliphatic carbocycles. The molecule has 0 aliphatic heterocycles. The van der Waals surface area contributed by atoms with E-state index in [9.17, 15) is 0 Å². The van der Waals surface area contributed by atoms with Crippen LogP contribution in [0, 0.1) is 13.8 Å². The highest BCUT2D eigenvalue weighted by atomic mass is 14.9. The van der Waals surface area contributed by atoms with Crippen LogP contribution in [0.1, 0.15) is 30.5 Å². The number of aryl methyl sites for hydroxylation is 1. The van der Waals surface area contributed by atoms with Crippen LogP contribution >= 0.6 is 0 Å².